The van der Waals surface area contributed by atoms with Gasteiger partial charge in [-0.25, -0.2) is 4.98 Å². The zero-order valence-corrected chi connectivity index (χ0v) is 13.6. The summed E-state index contributed by atoms with van der Waals surface area (Å²) in [5.74, 6) is 1.20. The van der Waals surface area contributed by atoms with Crippen LogP contribution in [-0.2, 0) is 24.2 Å². The molecule has 0 aliphatic heterocycles. The summed E-state index contributed by atoms with van der Waals surface area (Å²) in [7, 11) is 0. The molecule has 2 aromatic carbocycles. The monoisotopic (exact) mass is 320 g/mol. The van der Waals surface area contributed by atoms with E-state index in [0.29, 0.717) is 18.8 Å². The summed E-state index contributed by atoms with van der Waals surface area (Å²) in [5, 5.41) is 9.93. The first-order valence-electron chi connectivity index (χ1n) is 7.95. The van der Waals surface area contributed by atoms with E-state index < -0.39 is 0 Å². The fourth-order valence-electron chi connectivity index (χ4n) is 2.51. The molecule has 0 fully saturated rings. The molecule has 1 amide bonds. The zero-order valence-electron chi connectivity index (χ0n) is 13.6. The van der Waals surface area contributed by atoms with E-state index >= 15 is 0 Å². The SMILES string of the molecule is Cc1cccc(Cc2nc(CC(=O)NCc3ccccc3)n[nH]2)c1. The molecule has 5 nitrogen and oxygen atoms in total. The summed E-state index contributed by atoms with van der Waals surface area (Å²) in [6.07, 6.45) is 0.859. The van der Waals surface area contributed by atoms with Crippen LogP contribution in [0.1, 0.15) is 28.3 Å². The Kier molecular flexibility index (Phi) is 5.01. The summed E-state index contributed by atoms with van der Waals surface area (Å²) in [6, 6.07) is 18.1. The van der Waals surface area contributed by atoms with Crippen molar-refractivity contribution >= 4 is 5.91 Å². The van der Waals surface area contributed by atoms with Gasteiger partial charge < -0.3 is 5.32 Å². The number of benzene rings is 2. The van der Waals surface area contributed by atoms with Gasteiger partial charge in [-0.2, -0.15) is 5.10 Å². The fourth-order valence-corrected chi connectivity index (χ4v) is 2.51. The molecule has 0 unspecified atom stereocenters. The normalized spacial score (nSPS) is 10.5. The van der Waals surface area contributed by atoms with Crippen molar-refractivity contribution in [2.75, 3.05) is 0 Å². The van der Waals surface area contributed by atoms with E-state index in [9.17, 15) is 4.79 Å². The van der Waals surface area contributed by atoms with E-state index in [1.165, 1.54) is 11.1 Å². The molecule has 0 aliphatic rings. The first kappa shape index (κ1) is 15.9. The first-order valence-corrected chi connectivity index (χ1v) is 7.95. The Bertz CT molecular complexity index is 811. The largest absolute Gasteiger partial charge is 0.352 e. The zero-order chi connectivity index (χ0) is 16.8. The summed E-state index contributed by atoms with van der Waals surface area (Å²) in [4.78, 5) is 16.4. The van der Waals surface area contributed by atoms with Gasteiger partial charge in [0, 0.05) is 13.0 Å². The van der Waals surface area contributed by atoms with Crippen LogP contribution < -0.4 is 5.32 Å². The summed E-state index contributed by atoms with van der Waals surface area (Å²) in [5.41, 5.74) is 3.46. The number of H-pyrrole nitrogens is 1. The Morgan fingerprint density at radius 3 is 2.67 bits per heavy atom. The maximum Gasteiger partial charge on any atom is 0.228 e. The van der Waals surface area contributed by atoms with Crippen LogP contribution in [0.5, 0.6) is 0 Å². The minimum Gasteiger partial charge on any atom is -0.352 e. The van der Waals surface area contributed by atoms with Crippen molar-refractivity contribution in [2.24, 2.45) is 0 Å². The molecule has 0 atom stereocenters. The molecule has 0 spiro atoms. The van der Waals surface area contributed by atoms with Crippen LogP contribution in [0, 0.1) is 6.92 Å². The molecule has 24 heavy (non-hydrogen) atoms. The van der Waals surface area contributed by atoms with Crippen LogP contribution in [0.15, 0.2) is 54.6 Å². The Morgan fingerprint density at radius 1 is 1.08 bits per heavy atom. The van der Waals surface area contributed by atoms with Crippen LogP contribution in [-0.4, -0.2) is 21.1 Å². The topological polar surface area (TPSA) is 70.7 Å². The molecule has 5 heteroatoms. The third-order valence-electron chi connectivity index (χ3n) is 3.68. The van der Waals surface area contributed by atoms with E-state index in [4.69, 9.17) is 0 Å². The molecular formula is C19H20N4O. The number of hydrogen-bond donors (Lipinski definition) is 2. The minimum atomic E-state index is -0.0834. The summed E-state index contributed by atoms with van der Waals surface area (Å²) >= 11 is 0. The van der Waals surface area contributed by atoms with Gasteiger partial charge in [-0.05, 0) is 18.1 Å². The van der Waals surface area contributed by atoms with E-state index in [1.807, 2.05) is 36.4 Å². The fraction of sp³-hybridized carbons (Fsp3) is 0.211. The second-order valence-corrected chi connectivity index (χ2v) is 5.80. The molecular weight excluding hydrogens is 300 g/mol. The third kappa shape index (κ3) is 4.52. The third-order valence-corrected chi connectivity index (χ3v) is 3.68. The molecule has 0 saturated heterocycles. The number of aryl methyl sites for hydroxylation is 1. The Morgan fingerprint density at radius 2 is 1.88 bits per heavy atom. The number of nitrogens with one attached hydrogen (secondary N) is 2. The highest BCUT2D eigenvalue weighted by molar-refractivity contribution is 5.77. The molecule has 0 saturated carbocycles. The van der Waals surface area contributed by atoms with Gasteiger partial charge in [0.05, 0.1) is 6.42 Å². The predicted octanol–water partition coefficient (Wildman–Crippen LogP) is 2.56. The summed E-state index contributed by atoms with van der Waals surface area (Å²) < 4.78 is 0. The van der Waals surface area contributed by atoms with Gasteiger partial charge in [0.1, 0.15) is 5.82 Å². The lowest BCUT2D eigenvalue weighted by molar-refractivity contribution is -0.120. The lowest BCUT2D eigenvalue weighted by Crippen LogP contribution is -2.25. The Labute approximate surface area is 141 Å². The molecule has 1 heterocycles. The van der Waals surface area contributed by atoms with E-state index in [0.717, 1.165) is 11.4 Å². The average molecular weight is 320 g/mol. The molecule has 0 aliphatic carbocycles. The van der Waals surface area contributed by atoms with E-state index in [2.05, 4.69) is 45.6 Å². The van der Waals surface area contributed by atoms with E-state index in [-0.39, 0.29) is 12.3 Å². The molecule has 3 rings (SSSR count). The quantitative estimate of drug-likeness (QED) is 0.733. The van der Waals surface area contributed by atoms with Gasteiger partial charge in [0.2, 0.25) is 5.91 Å². The van der Waals surface area contributed by atoms with Crippen molar-refractivity contribution in [1.29, 1.82) is 0 Å². The highest BCUT2D eigenvalue weighted by Crippen LogP contribution is 2.08. The van der Waals surface area contributed by atoms with Crippen molar-refractivity contribution in [3.05, 3.63) is 82.9 Å². The Hall–Kier alpha value is -2.95. The Balaban J connectivity index is 1.53. The molecule has 0 radical (unpaired) electrons. The number of rotatable bonds is 6. The van der Waals surface area contributed by atoms with Crippen molar-refractivity contribution in [3.8, 4) is 0 Å². The minimum absolute atomic E-state index is 0.0834. The van der Waals surface area contributed by atoms with Gasteiger partial charge in [-0.1, -0.05) is 60.2 Å². The van der Waals surface area contributed by atoms with Gasteiger partial charge in [0.15, 0.2) is 5.82 Å². The van der Waals surface area contributed by atoms with Gasteiger partial charge in [0.25, 0.3) is 0 Å². The van der Waals surface area contributed by atoms with Crippen LogP contribution in [0.4, 0.5) is 0 Å². The van der Waals surface area contributed by atoms with Gasteiger partial charge >= 0.3 is 0 Å². The van der Waals surface area contributed by atoms with Crippen LogP contribution >= 0.6 is 0 Å². The van der Waals surface area contributed by atoms with E-state index in [1.54, 1.807) is 0 Å². The van der Waals surface area contributed by atoms with Gasteiger partial charge in [-0.15, -0.1) is 0 Å². The number of carbonyl (C=O) groups is 1. The van der Waals surface area contributed by atoms with Crippen molar-refractivity contribution in [2.45, 2.75) is 26.3 Å². The lowest BCUT2D eigenvalue weighted by atomic mass is 10.1. The number of nitrogens with zero attached hydrogens (tertiary/aromatic N) is 2. The van der Waals surface area contributed by atoms with Crippen molar-refractivity contribution < 1.29 is 4.79 Å². The standard InChI is InChI=1S/C19H20N4O/c1-14-6-5-9-16(10-14)11-17-21-18(23-22-17)12-19(24)20-13-15-7-3-2-4-8-15/h2-10H,11-13H2,1H3,(H,20,24)(H,21,22,23). The number of hydrogen-bond acceptors (Lipinski definition) is 3. The number of aromatic nitrogens is 3. The summed E-state index contributed by atoms with van der Waals surface area (Å²) in [6.45, 7) is 2.58. The second kappa shape index (κ2) is 7.55. The van der Waals surface area contributed by atoms with Crippen LogP contribution in [0.3, 0.4) is 0 Å². The highest BCUT2D eigenvalue weighted by Gasteiger charge is 2.09. The predicted molar refractivity (Wildman–Crippen MR) is 92.4 cm³/mol. The first-order chi connectivity index (χ1) is 11.7. The number of amides is 1. The van der Waals surface area contributed by atoms with Crippen LogP contribution in [0.2, 0.25) is 0 Å². The molecule has 2 N–H and O–H groups in total. The maximum absolute atomic E-state index is 12.0. The molecule has 1 aromatic heterocycles. The van der Waals surface area contributed by atoms with Crippen molar-refractivity contribution in [3.63, 3.8) is 0 Å². The van der Waals surface area contributed by atoms with Crippen LogP contribution in [0.25, 0.3) is 0 Å². The number of carbonyl (C=O) groups excluding carboxylic acids is 1. The highest BCUT2D eigenvalue weighted by atomic mass is 16.1. The smallest absolute Gasteiger partial charge is 0.228 e. The second-order valence-electron chi connectivity index (χ2n) is 5.80. The maximum atomic E-state index is 12.0. The number of aromatic amines is 1. The molecule has 122 valence electrons. The molecule has 0 bridgehead atoms. The lowest BCUT2D eigenvalue weighted by Gasteiger charge is -2.03. The van der Waals surface area contributed by atoms with Gasteiger partial charge in [-0.3, -0.25) is 9.89 Å². The van der Waals surface area contributed by atoms with Crippen molar-refractivity contribution in [1.82, 2.24) is 20.5 Å². The molecule has 3 aromatic rings. The average Bonchev–Trinajstić information content (AvgIpc) is 3.01.